The molecule has 25 heavy (non-hydrogen) atoms. The van der Waals surface area contributed by atoms with Crippen LogP contribution in [0.5, 0.6) is 0 Å². The Balaban J connectivity index is 1.83. The molecule has 1 unspecified atom stereocenters. The second-order valence-corrected chi connectivity index (χ2v) is 6.02. The van der Waals surface area contributed by atoms with Crippen molar-refractivity contribution in [3.8, 4) is 0 Å². The lowest BCUT2D eigenvalue weighted by Gasteiger charge is -2.30. The first kappa shape index (κ1) is 16.7. The lowest BCUT2D eigenvalue weighted by atomic mass is 9.89. The van der Waals surface area contributed by atoms with E-state index in [2.05, 4.69) is 10.6 Å². The molecule has 0 aliphatic carbocycles. The van der Waals surface area contributed by atoms with Crippen LogP contribution >= 0.6 is 0 Å². The quantitative estimate of drug-likeness (QED) is 0.904. The molecule has 1 heterocycles. The van der Waals surface area contributed by atoms with Crippen molar-refractivity contribution in [2.24, 2.45) is 0 Å². The van der Waals surface area contributed by atoms with Gasteiger partial charge < -0.3 is 15.5 Å². The maximum atomic E-state index is 12.7. The van der Waals surface area contributed by atoms with Gasteiger partial charge in [0.1, 0.15) is 0 Å². The summed E-state index contributed by atoms with van der Waals surface area (Å²) in [6.07, 6.45) is 0.130. The molecule has 128 valence electrons. The van der Waals surface area contributed by atoms with Gasteiger partial charge >= 0.3 is 0 Å². The minimum absolute atomic E-state index is 0.0918. The van der Waals surface area contributed by atoms with Gasteiger partial charge in [0.05, 0.1) is 5.92 Å². The zero-order valence-corrected chi connectivity index (χ0v) is 14.1. The van der Waals surface area contributed by atoms with E-state index in [9.17, 15) is 14.4 Å². The van der Waals surface area contributed by atoms with Crippen molar-refractivity contribution in [3.63, 3.8) is 0 Å². The van der Waals surface area contributed by atoms with Gasteiger partial charge in [-0.05, 0) is 29.8 Å². The summed E-state index contributed by atoms with van der Waals surface area (Å²) in [7, 11) is 1.71. The highest BCUT2D eigenvalue weighted by atomic mass is 16.2. The maximum absolute atomic E-state index is 12.7. The number of nitrogens with zero attached hydrogens (tertiary/aromatic N) is 1. The highest BCUT2D eigenvalue weighted by molar-refractivity contribution is 6.06. The summed E-state index contributed by atoms with van der Waals surface area (Å²) in [5.74, 6) is -1.05. The normalized spacial score (nSPS) is 16.2. The van der Waals surface area contributed by atoms with Crippen molar-refractivity contribution >= 4 is 34.8 Å². The van der Waals surface area contributed by atoms with Crippen LogP contribution in [0.25, 0.3) is 0 Å². The number of rotatable bonds is 3. The van der Waals surface area contributed by atoms with E-state index in [0.29, 0.717) is 11.4 Å². The number of anilines is 3. The Morgan fingerprint density at radius 1 is 1.04 bits per heavy atom. The number of nitrogens with one attached hydrogen (secondary N) is 2. The molecule has 3 rings (SSSR count). The van der Waals surface area contributed by atoms with Crippen LogP contribution in [-0.2, 0) is 14.4 Å². The van der Waals surface area contributed by atoms with Crippen molar-refractivity contribution in [2.75, 3.05) is 22.6 Å². The van der Waals surface area contributed by atoms with E-state index in [1.807, 2.05) is 24.3 Å². The molecule has 6 nitrogen and oxygen atoms in total. The number of para-hydroxylation sites is 1. The first-order valence-electron chi connectivity index (χ1n) is 7.99. The van der Waals surface area contributed by atoms with E-state index in [-0.39, 0.29) is 24.1 Å². The summed E-state index contributed by atoms with van der Waals surface area (Å²) in [5, 5.41) is 5.52. The lowest BCUT2D eigenvalue weighted by molar-refractivity contribution is -0.124. The highest BCUT2D eigenvalue weighted by Crippen LogP contribution is 2.35. The Hall–Kier alpha value is -3.15. The largest absolute Gasteiger partial charge is 0.326 e. The molecule has 0 saturated heterocycles. The van der Waals surface area contributed by atoms with E-state index in [1.165, 1.54) is 6.92 Å². The monoisotopic (exact) mass is 337 g/mol. The standard InChI is InChI=1S/C19H19N3O3/c1-12(23)20-13-6-5-7-14(10-13)21-19(25)16-11-18(24)22(2)17-9-4-3-8-15(16)17/h3-10,16H,11H2,1-2H3,(H,20,23)(H,21,25). The SMILES string of the molecule is CC(=O)Nc1cccc(NC(=O)C2CC(=O)N(C)c3ccccc32)c1. The summed E-state index contributed by atoms with van der Waals surface area (Å²) in [4.78, 5) is 37.7. The molecule has 6 heteroatoms. The van der Waals surface area contributed by atoms with Crippen LogP contribution in [-0.4, -0.2) is 24.8 Å². The molecule has 0 radical (unpaired) electrons. The van der Waals surface area contributed by atoms with Gasteiger partial charge in [-0.3, -0.25) is 14.4 Å². The van der Waals surface area contributed by atoms with Gasteiger partial charge in [0, 0.05) is 37.5 Å². The molecule has 2 aromatic carbocycles. The van der Waals surface area contributed by atoms with Crippen LogP contribution in [0.1, 0.15) is 24.8 Å². The fourth-order valence-corrected chi connectivity index (χ4v) is 2.98. The van der Waals surface area contributed by atoms with Gasteiger partial charge in [0.2, 0.25) is 17.7 Å². The predicted octanol–water partition coefficient (Wildman–Crippen LogP) is 2.73. The second-order valence-electron chi connectivity index (χ2n) is 6.02. The number of carbonyl (C=O) groups is 3. The van der Waals surface area contributed by atoms with Gasteiger partial charge in [-0.25, -0.2) is 0 Å². The molecule has 0 aromatic heterocycles. The number of benzene rings is 2. The topological polar surface area (TPSA) is 78.5 Å². The third-order valence-electron chi connectivity index (χ3n) is 4.19. The van der Waals surface area contributed by atoms with Gasteiger partial charge in [-0.15, -0.1) is 0 Å². The molecule has 3 amide bonds. The third kappa shape index (κ3) is 3.52. The number of hydrogen-bond acceptors (Lipinski definition) is 3. The van der Waals surface area contributed by atoms with Crippen LogP contribution in [0.15, 0.2) is 48.5 Å². The van der Waals surface area contributed by atoms with Gasteiger partial charge in [0.15, 0.2) is 0 Å². The number of fused-ring (bicyclic) bond motifs is 1. The summed E-state index contributed by atoms with van der Waals surface area (Å²) in [6.45, 7) is 1.42. The number of amides is 3. The summed E-state index contributed by atoms with van der Waals surface area (Å²) in [5.41, 5.74) is 2.76. The average molecular weight is 337 g/mol. The summed E-state index contributed by atoms with van der Waals surface area (Å²) < 4.78 is 0. The minimum Gasteiger partial charge on any atom is -0.326 e. The van der Waals surface area contributed by atoms with Crippen LogP contribution in [0, 0.1) is 0 Å². The van der Waals surface area contributed by atoms with Gasteiger partial charge in [-0.2, -0.15) is 0 Å². The van der Waals surface area contributed by atoms with Crippen molar-refractivity contribution < 1.29 is 14.4 Å². The van der Waals surface area contributed by atoms with Crippen LogP contribution in [0.2, 0.25) is 0 Å². The van der Waals surface area contributed by atoms with Gasteiger partial charge in [-0.1, -0.05) is 24.3 Å². The van der Waals surface area contributed by atoms with E-state index in [1.54, 1.807) is 36.2 Å². The second kappa shape index (κ2) is 6.76. The molecule has 1 aliphatic rings. The number of carbonyl (C=O) groups excluding carboxylic acids is 3. The van der Waals surface area contributed by atoms with Crippen molar-refractivity contribution in [1.29, 1.82) is 0 Å². The molecular formula is C19H19N3O3. The molecule has 2 aromatic rings. The third-order valence-corrected chi connectivity index (χ3v) is 4.19. The first-order valence-corrected chi connectivity index (χ1v) is 7.99. The smallest absolute Gasteiger partial charge is 0.232 e. The highest BCUT2D eigenvalue weighted by Gasteiger charge is 2.33. The van der Waals surface area contributed by atoms with Crippen molar-refractivity contribution in [3.05, 3.63) is 54.1 Å². The summed E-state index contributed by atoms with van der Waals surface area (Å²) in [6, 6.07) is 14.3. The van der Waals surface area contributed by atoms with Crippen LogP contribution < -0.4 is 15.5 Å². The average Bonchev–Trinajstić information content (AvgIpc) is 2.58. The van der Waals surface area contributed by atoms with Crippen LogP contribution in [0.3, 0.4) is 0 Å². The molecular weight excluding hydrogens is 318 g/mol. The molecule has 0 fully saturated rings. The Labute approximate surface area is 145 Å². The Morgan fingerprint density at radius 3 is 2.44 bits per heavy atom. The van der Waals surface area contributed by atoms with Crippen molar-refractivity contribution in [2.45, 2.75) is 19.3 Å². The maximum Gasteiger partial charge on any atom is 0.232 e. The Bertz CT molecular complexity index is 847. The van der Waals surface area contributed by atoms with E-state index >= 15 is 0 Å². The molecule has 0 saturated carbocycles. The fraction of sp³-hybridized carbons (Fsp3) is 0.211. The number of hydrogen-bond donors (Lipinski definition) is 2. The zero-order valence-electron chi connectivity index (χ0n) is 14.1. The minimum atomic E-state index is -0.538. The van der Waals surface area contributed by atoms with Gasteiger partial charge in [0.25, 0.3) is 0 Å². The molecule has 1 atom stereocenters. The Kier molecular flexibility index (Phi) is 4.52. The van der Waals surface area contributed by atoms with Crippen molar-refractivity contribution in [1.82, 2.24) is 0 Å². The molecule has 0 spiro atoms. The Morgan fingerprint density at radius 2 is 1.72 bits per heavy atom. The van der Waals surface area contributed by atoms with E-state index < -0.39 is 5.92 Å². The lowest BCUT2D eigenvalue weighted by Crippen LogP contribution is -2.37. The summed E-state index contributed by atoms with van der Waals surface area (Å²) >= 11 is 0. The fourth-order valence-electron chi connectivity index (χ4n) is 2.98. The predicted molar refractivity (Wildman–Crippen MR) is 96.6 cm³/mol. The molecule has 2 N–H and O–H groups in total. The van der Waals surface area contributed by atoms with E-state index in [4.69, 9.17) is 0 Å². The van der Waals surface area contributed by atoms with Crippen LogP contribution in [0.4, 0.5) is 17.1 Å². The van der Waals surface area contributed by atoms with E-state index in [0.717, 1.165) is 11.3 Å². The zero-order chi connectivity index (χ0) is 18.0. The molecule has 0 bridgehead atoms. The molecule has 1 aliphatic heterocycles. The first-order chi connectivity index (χ1) is 12.0.